The second-order valence-electron chi connectivity index (χ2n) is 15.1. The van der Waals surface area contributed by atoms with Gasteiger partial charge in [-0.2, -0.15) is 0 Å². The Morgan fingerprint density at radius 1 is 0.407 bits per heavy atom. The minimum absolute atomic E-state index is 0.563. The Bertz CT molecular complexity index is 3860. The van der Waals surface area contributed by atoms with E-state index in [9.17, 15) is 0 Å². The summed E-state index contributed by atoms with van der Waals surface area (Å²) in [5.41, 5.74) is 7.61. The van der Waals surface area contributed by atoms with E-state index < -0.39 is 0 Å². The van der Waals surface area contributed by atoms with Crippen LogP contribution in [-0.4, -0.2) is 19.5 Å². The van der Waals surface area contributed by atoms with Crippen LogP contribution in [0.1, 0.15) is 0 Å². The van der Waals surface area contributed by atoms with Crippen LogP contribution in [0, 0.1) is 0 Å². The van der Waals surface area contributed by atoms with Gasteiger partial charge in [-0.1, -0.05) is 127 Å². The molecule has 13 rings (SSSR count). The Morgan fingerprint density at radius 2 is 1.07 bits per heavy atom. The average molecular weight is 771 g/mol. The molecule has 0 bridgehead atoms. The molecule has 0 aliphatic rings. The molecule has 0 amide bonds. The topological polar surface area (TPSA) is 56.7 Å². The molecule has 9 aromatic carbocycles. The van der Waals surface area contributed by atoms with Gasteiger partial charge in [0.1, 0.15) is 11.2 Å². The van der Waals surface area contributed by atoms with E-state index >= 15 is 0 Å². The van der Waals surface area contributed by atoms with Gasteiger partial charge in [-0.05, 0) is 64.7 Å². The first-order valence-electron chi connectivity index (χ1n) is 19.8. The number of furan rings is 1. The lowest BCUT2D eigenvalue weighted by atomic mass is 10.0. The Morgan fingerprint density at radius 3 is 1.93 bits per heavy atom. The van der Waals surface area contributed by atoms with Crippen LogP contribution in [0.25, 0.3) is 125 Å². The lowest BCUT2D eigenvalue weighted by Crippen LogP contribution is -2.00. The number of fused-ring (bicyclic) bond motifs is 12. The molecule has 0 unspecified atom stereocenters. The summed E-state index contributed by atoms with van der Waals surface area (Å²) in [4.78, 5) is 15.5. The third kappa shape index (κ3) is 4.87. The first-order valence-corrected chi connectivity index (χ1v) is 20.6. The van der Waals surface area contributed by atoms with Gasteiger partial charge in [-0.25, -0.2) is 15.0 Å². The van der Waals surface area contributed by atoms with Crippen molar-refractivity contribution in [2.24, 2.45) is 0 Å². The molecule has 0 aliphatic carbocycles. The fourth-order valence-corrected chi connectivity index (χ4v) is 10.2. The van der Waals surface area contributed by atoms with Gasteiger partial charge in [0.05, 0.1) is 22.3 Å². The highest BCUT2D eigenvalue weighted by Crippen LogP contribution is 2.44. The number of benzene rings is 9. The van der Waals surface area contributed by atoms with Crippen molar-refractivity contribution >= 4 is 96.8 Å². The summed E-state index contributed by atoms with van der Waals surface area (Å²) in [6.45, 7) is 0. The molecule has 0 N–H and O–H groups in total. The molecular weight excluding hydrogens is 741 g/mol. The van der Waals surface area contributed by atoms with Crippen molar-refractivity contribution in [2.75, 3.05) is 0 Å². The first kappa shape index (κ1) is 32.4. The zero-order chi connectivity index (χ0) is 38.6. The van der Waals surface area contributed by atoms with E-state index in [1.165, 1.54) is 41.7 Å². The molecule has 6 heteroatoms. The summed E-state index contributed by atoms with van der Waals surface area (Å²) in [6.07, 6.45) is 0. The third-order valence-electron chi connectivity index (χ3n) is 11.8. The number of hydrogen-bond acceptors (Lipinski definition) is 5. The summed E-state index contributed by atoms with van der Waals surface area (Å²) < 4.78 is 12.0. The third-order valence-corrected chi connectivity index (χ3v) is 13.0. The standard InChI is InChI=1S/C53H30N4OS/c1-2-13-31(14-3-1)51-54-52(34-25-26-48-42(28-34)37-19-9-11-24-47(37)59-48)56-53(55-51)40-22-12-21-39-49-38-20-7-6-17-35(38)45(30-46(49)58-50(39)40)57-43-23-10-8-18-36(43)41-27-32-15-4-5-16-33(32)29-44(41)57/h1-30H. The van der Waals surface area contributed by atoms with Gasteiger partial charge in [0.2, 0.25) is 0 Å². The van der Waals surface area contributed by atoms with Crippen molar-refractivity contribution in [2.45, 2.75) is 0 Å². The predicted octanol–water partition coefficient (Wildman–Crippen LogP) is 14.5. The minimum Gasteiger partial charge on any atom is -0.455 e. The maximum Gasteiger partial charge on any atom is 0.167 e. The normalized spacial score (nSPS) is 12.1. The number of rotatable bonds is 4. The Labute approximate surface area is 341 Å². The molecule has 13 aromatic rings. The highest BCUT2D eigenvalue weighted by Gasteiger charge is 2.22. The van der Waals surface area contributed by atoms with E-state index in [0.717, 1.165) is 66.1 Å². The summed E-state index contributed by atoms with van der Waals surface area (Å²) >= 11 is 1.80. The average Bonchev–Trinajstić information content (AvgIpc) is 3.97. The summed E-state index contributed by atoms with van der Waals surface area (Å²) in [6, 6.07) is 64.4. The van der Waals surface area contributed by atoms with Gasteiger partial charge in [0, 0.05) is 64.3 Å². The van der Waals surface area contributed by atoms with Crippen molar-refractivity contribution < 1.29 is 4.42 Å². The van der Waals surface area contributed by atoms with Gasteiger partial charge in [0.15, 0.2) is 17.5 Å². The molecule has 0 saturated heterocycles. The van der Waals surface area contributed by atoms with Gasteiger partial charge in [-0.15, -0.1) is 11.3 Å². The molecule has 59 heavy (non-hydrogen) atoms. The van der Waals surface area contributed by atoms with E-state index in [-0.39, 0.29) is 0 Å². The zero-order valence-electron chi connectivity index (χ0n) is 31.4. The van der Waals surface area contributed by atoms with Crippen LogP contribution in [-0.2, 0) is 0 Å². The van der Waals surface area contributed by atoms with E-state index in [2.05, 4.69) is 156 Å². The van der Waals surface area contributed by atoms with Gasteiger partial charge >= 0.3 is 0 Å². The molecule has 5 nitrogen and oxygen atoms in total. The molecule has 0 aliphatic heterocycles. The molecule has 4 heterocycles. The second kappa shape index (κ2) is 12.4. The summed E-state index contributed by atoms with van der Waals surface area (Å²) in [5.74, 6) is 1.79. The Kier molecular flexibility index (Phi) is 6.82. The fraction of sp³-hybridized carbons (Fsp3) is 0. The van der Waals surface area contributed by atoms with Crippen LogP contribution in [0.2, 0.25) is 0 Å². The SMILES string of the molecule is c1ccc(-c2nc(-c3ccc4sc5ccccc5c4c3)nc(-c3cccc4c3oc3cc(-n5c6ccccc6c6cc7ccccc7cc65)c5ccccc5c34)n2)cc1. The largest absolute Gasteiger partial charge is 0.455 e. The molecule has 0 radical (unpaired) electrons. The summed E-state index contributed by atoms with van der Waals surface area (Å²) in [7, 11) is 0. The highest BCUT2D eigenvalue weighted by molar-refractivity contribution is 7.25. The van der Waals surface area contributed by atoms with Crippen molar-refractivity contribution in [3.63, 3.8) is 0 Å². The smallest absolute Gasteiger partial charge is 0.167 e. The van der Waals surface area contributed by atoms with Crippen LogP contribution in [0.5, 0.6) is 0 Å². The Balaban J connectivity index is 1.06. The molecule has 0 saturated carbocycles. The lowest BCUT2D eigenvalue weighted by molar-refractivity contribution is 0.669. The Hall–Kier alpha value is -7.67. The van der Waals surface area contributed by atoms with Crippen molar-refractivity contribution in [1.82, 2.24) is 19.5 Å². The number of para-hydroxylation sites is 2. The molecule has 0 fully saturated rings. The highest BCUT2D eigenvalue weighted by atomic mass is 32.1. The van der Waals surface area contributed by atoms with Crippen LogP contribution >= 0.6 is 11.3 Å². The molecule has 0 atom stereocenters. The first-order chi connectivity index (χ1) is 29.2. The van der Waals surface area contributed by atoms with Crippen LogP contribution in [0.15, 0.2) is 186 Å². The second-order valence-corrected chi connectivity index (χ2v) is 16.2. The van der Waals surface area contributed by atoms with Crippen LogP contribution in [0.4, 0.5) is 0 Å². The molecular formula is C53H30N4OS. The number of aromatic nitrogens is 4. The molecule has 0 spiro atoms. The number of nitrogens with zero attached hydrogens (tertiary/aromatic N) is 4. The quantitative estimate of drug-likeness (QED) is 0.179. The van der Waals surface area contributed by atoms with E-state index in [1.54, 1.807) is 11.3 Å². The van der Waals surface area contributed by atoms with Gasteiger partial charge in [-0.3, -0.25) is 0 Å². The summed E-state index contributed by atoms with van der Waals surface area (Å²) in [5, 5.41) is 11.7. The van der Waals surface area contributed by atoms with Crippen LogP contribution in [0.3, 0.4) is 0 Å². The molecule has 274 valence electrons. The van der Waals surface area contributed by atoms with Crippen molar-refractivity contribution in [3.05, 3.63) is 182 Å². The van der Waals surface area contributed by atoms with Crippen molar-refractivity contribution in [3.8, 4) is 39.9 Å². The van der Waals surface area contributed by atoms with E-state index in [0.29, 0.717) is 17.5 Å². The van der Waals surface area contributed by atoms with Crippen LogP contribution < -0.4 is 0 Å². The van der Waals surface area contributed by atoms with Gasteiger partial charge in [0.25, 0.3) is 0 Å². The predicted molar refractivity (Wildman–Crippen MR) is 246 cm³/mol. The van der Waals surface area contributed by atoms with Gasteiger partial charge < -0.3 is 8.98 Å². The van der Waals surface area contributed by atoms with Crippen molar-refractivity contribution in [1.29, 1.82) is 0 Å². The zero-order valence-corrected chi connectivity index (χ0v) is 32.2. The van der Waals surface area contributed by atoms with E-state index in [1.807, 2.05) is 30.3 Å². The van der Waals surface area contributed by atoms with E-state index in [4.69, 9.17) is 19.4 Å². The minimum atomic E-state index is 0.563. The number of thiophene rings is 1. The lowest BCUT2D eigenvalue weighted by Gasteiger charge is -2.13. The monoisotopic (exact) mass is 770 g/mol. The maximum atomic E-state index is 7.05. The number of hydrogen-bond donors (Lipinski definition) is 0. The fourth-order valence-electron chi connectivity index (χ4n) is 9.13. The molecule has 4 aromatic heterocycles. The maximum absolute atomic E-state index is 7.05.